The molecule has 1 aromatic carbocycles. The molecule has 5 aromatic rings. The maximum absolute atomic E-state index is 9.18. The minimum Gasteiger partial charge on any atom is -0.390 e. The van der Waals surface area contributed by atoms with Crippen molar-refractivity contribution >= 4 is 43.8 Å². The number of aliphatic hydroxyl groups is 1. The van der Waals surface area contributed by atoms with Gasteiger partial charge in [-0.05, 0) is 49.4 Å². The summed E-state index contributed by atoms with van der Waals surface area (Å²) in [5.41, 5.74) is 7.02. The molecule has 0 bridgehead atoms. The maximum atomic E-state index is 9.18. The lowest BCUT2D eigenvalue weighted by molar-refractivity contribution is 0.277. The topological polar surface area (TPSA) is 73.8 Å². The zero-order valence-electron chi connectivity index (χ0n) is 15.2. The number of anilines is 2. The van der Waals surface area contributed by atoms with Crippen LogP contribution in [-0.2, 0) is 6.61 Å². The number of thiophene rings is 1. The van der Waals surface area contributed by atoms with Crippen LogP contribution in [0.5, 0.6) is 0 Å². The highest BCUT2D eigenvalue weighted by atomic mass is 32.1. The van der Waals surface area contributed by atoms with Crippen molar-refractivity contribution in [1.29, 1.82) is 0 Å². The first-order valence-electron chi connectivity index (χ1n) is 9.01. The second-order valence-electron chi connectivity index (χ2n) is 6.76. The van der Waals surface area contributed by atoms with E-state index < -0.39 is 0 Å². The molecule has 6 heteroatoms. The number of rotatable bonds is 4. The largest absolute Gasteiger partial charge is 0.390 e. The van der Waals surface area contributed by atoms with E-state index >= 15 is 0 Å². The Morgan fingerprint density at radius 1 is 1.07 bits per heavy atom. The summed E-state index contributed by atoms with van der Waals surface area (Å²) in [7, 11) is 0. The van der Waals surface area contributed by atoms with Gasteiger partial charge in [0.05, 0.1) is 28.2 Å². The molecule has 0 aliphatic carbocycles. The van der Waals surface area contributed by atoms with Crippen molar-refractivity contribution in [2.24, 2.45) is 0 Å². The Morgan fingerprint density at radius 2 is 2.00 bits per heavy atom. The first-order chi connectivity index (χ1) is 13.7. The predicted molar refractivity (Wildman–Crippen MR) is 115 cm³/mol. The highest BCUT2D eigenvalue weighted by Crippen LogP contribution is 2.37. The molecular weight excluding hydrogens is 368 g/mol. The molecule has 5 rings (SSSR count). The number of aryl methyl sites for hydroxylation is 1. The van der Waals surface area contributed by atoms with Gasteiger partial charge in [0.1, 0.15) is 0 Å². The monoisotopic (exact) mass is 386 g/mol. The lowest BCUT2D eigenvalue weighted by Gasteiger charge is -2.07. The maximum Gasteiger partial charge on any atom is 0.0852 e. The second kappa shape index (κ2) is 6.74. The molecule has 5 nitrogen and oxygen atoms in total. The number of aliphatic hydroxyl groups excluding tert-OH is 1. The molecule has 0 fully saturated rings. The van der Waals surface area contributed by atoms with Gasteiger partial charge in [0.25, 0.3) is 0 Å². The van der Waals surface area contributed by atoms with Crippen molar-refractivity contribution in [1.82, 2.24) is 15.0 Å². The zero-order valence-corrected chi connectivity index (χ0v) is 16.0. The summed E-state index contributed by atoms with van der Waals surface area (Å²) in [6.07, 6.45) is 3.62. The van der Waals surface area contributed by atoms with Gasteiger partial charge in [-0.1, -0.05) is 6.07 Å². The Hall–Kier alpha value is -3.22. The molecule has 0 atom stereocenters. The summed E-state index contributed by atoms with van der Waals surface area (Å²) in [6.45, 7) is 2.02. The van der Waals surface area contributed by atoms with Crippen LogP contribution < -0.4 is 5.32 Å². The molecule has 0 spiro atoms. The van der Waals surface area contributed by atoms with Crippen molar-refractivity contribution < 1.29 is 5.11 Å². The summed E-state index contributed by atoms with van der Waals surface area (Å²) in [5.74, 6) is 0. The van der Waals surface area contributed by atoms with E-state index in [1.54, 1.807) is 17.5 Å². The molecule has 0 radical (unpaired) electrons. The van der Waals surface area contributed by atoms with E-state index in [2.05, 4.69) is 57.5 Å². The fraction of sp³-hybridized carbons (Fsp3) is 0.0909. The number of nitrogens with one attached hydrogen (secondary N) is 2. The van der Waals surface area contributed by atoms with E-state index in [1.165, 1.54) is 5.39 Å². The van der Waals surface area contributed by atoms with Gasteiger partial charge >= 0.3 is 0 Å². The molecule has 3 N–H and O–H groups in total. The number of aromatic amines is 1. The fourth-order valence-corrected chi connectivity index (χ4v) is 4.43. The predicted octanol–water partition coefficient (Wildman–Crippen LogP) is 5.38. The third kappa shape index (κ3) is 3.02. The molecule has 0 aliphatic rings. The summed E-state index contributed by atoms with van der Waals surface area (Å²) < 4.78 is 1.11. The quantitative estimate of drug-likeness (QED) is 0.387. The molecule has 4 heterocycles. The van der Waals surface area contributed by atoms with Gasteiger partial charge in [-0.25, -0.2) is 0 Å². The van der Waals surface area contributed by atoms with Crippen molar-refractivity contribution in [3.63, 3.8) is 0 Å². The molecule has 0 amide bonds. The van der Waals surface area contributed by atoms with Crippen molar-refractivity contribution in [2.45, 2.75) is 13.5 Å². The number of pyridine rings is 2. The van der Waals surface area contributed by atoms with Crippen molar-refractivity contribution in [3.8, 4) is 10.4 Å². The summed E-state index contributed by atoms with van der Waals surface area (Å²) in [6, 6.07) is 16.4. The van der Waals surface area contributed by atoms with E-state index in [-0.39, 0.29) is 6.61 Å². The Bertz CT molecular complexity index is 1290. The van der Waals surface area contributed by atoms with Crippen LogP contribution in [0.25, 0.3) is 31.6 Å². The van der Waals surface area contributed by atoms with Crippen molar-refractivity contribution in [2.75, 3.05) is 5.32 Å². The molecular formula is C22H18N4OS. The molecule has 4 aromatic heterocycles. The number of hydrogen-bond donors (Lipinski definition) is 3. The SMILES string of the molecule is Cc1cc2cc(Nc3ccnc4cc(-c5ccc(CO)nc5)sc34)ccc2[nH]1. The number of benzene rings is 1. The first-order valence-corrected chi connectivity index (χ1v) is 9.82. The minimum atomic E-state index is -0.0483. The van der Waals surface area contributed by atoms with Crippen LogP contribution >= 0.6 is 11.3 Å². The Kier molecular flexibility index (Phi) is 4.07. The van der Waals surface area contributed by atoms with Crippen LogP contribution in [0.4, 0.5) is 11.4 Å². The Morgan fingerprint density at radius 3 is 2.82 bits per heavy atom. The van der Waals surface area contributed by atoms with Gasteiger partial charge in [0.15, 0.2) is 0 Å². The summed E-state index contributed by atoms with van der Waals surface area (Å²) >= 11 is 1.68. The highest BCUT2D eigenvalue weighted by molar-refractivity contribution is 7.22. The molecule has 0 saturated heterocycles. The van der Waals surface area contributed by atoms with Gasteiger partial charge in [0, 0.05) is 45.1 Å². The van der Waals surface area contributed by atoms with E-state index in [0.29, 0.717) is 5.69 Å². The lowest BCUT2D eigenvalue weighted by Crippen LogP contribution is -1.90. The normalized spacial score (nSPS) is 11.4. The molecule has 0 saturated carbocycles. The molecule has 0 unspecified atom stereocenters. The van der Waals surface area contributed by atoms with Crippen LogP contribution in [-0.4, -0.2) is 20.1 Å². The third-order valence-corrected chi connectivity index (χ3v) is 5.92. The van der Waals surface area contributed by atoms with Gasteiger partial charge in [-0.2, -0.15) is 0 Å². The number of fused-ring (bicyclic) bond motifs is 2. The standard InChI is InChI=1S/C22H18N4OS/c1-13-8-15-9-16(4-5-18(15)25-13)26-19-6-7-23-20-10-21(28-22(19)20)14-2-3-17(12-27)24-11-14/h2-11,25,27H,12H2,1H3,(H,23,26). The van der Waals surface area contributed by atoms with E-state index in [4.69, 9.17) is 0 Å². The molecule has 0 aliphatic heterocycles. The van der Waals surface area contributed by atoms with Crippen LogP contribution in [0.15, 0.2) is 60.9 Å². The average molecular weight is 386 g/mol. The zero-order chi connectivity index (χ0) is 19.1. The van der Waals surface area contributed by atoms with Crippen molar-refractivity contribution in [3.05, 3.63) is 72.3 Å². The van der Waals surface area contributed by atoms with Gasteiger partial charge in [0.2, 0.25) is 0 Å². The van der Waals surface area contributed by atoms with E-state index in [0.717, 1.165) is 43.2 Å². The summed E-state index contributed by atoms with van der Waals surface area (Å²) in [4.78, 5) is 13.3. The smallest absolute Gasteiger partial charge is 0.0852 e. The van der Waals surface area contributed by atoms with Crippen LogP contribution in [0.1, 0.15) is 11.4 Å². The Labute approximate surface area is 165 Å². The number of nitrogens with zero attached hydrogens (tertiary/aromatic N) is 2. The van der Waals surface area contributed by atoms with E-state index in [1.807, 2.05) is 24.4 Å². The average Bonchev–Trinajstić information content (AvgIpc) is 3.31. The highest BCUT2D eigenvalue weighted by Gasteiger charge is 2.10. The van der Waals surface area contributed by atoms with Gasteiger partial charge < -0.3 is 15.4 Å². The Balaban J connectivity index is 1.52. The number of hydrogen-bond acceptors (Lipinski definition) is 5. The summed E-state index contributed by atoms with van der Waals surface area (Å²) in [5, 5.41) is 13.9. The first kappa shape index (κ1) is 16.9. The molecule has 138 valence electrons. The number of aromatic nitrogens is 3. The van der Waals surface area contributed by atoms with Crippen LogP contribution in [0, 0.1) is 6.92 Å². The minimum absolute atomic E-state index is 0.0483. The molecule has 28 heavy (non-hydrogen) atoms. The lowest BCUT2D eigenvalue weighted by atomic mass is 10.2. The van der Waals surface area contributed by atoms with E-state index in [9.17, 15) is 5.11 Å². The fourth-order valence-electron chi connectivity index (χ4n) is 3.35. The van der Waals surface area contributed by atoms with Gasteiger partial charge in [-0.3, -0.25) is 9.97 Å². The van der Waals surface area contributed by atoms with Crippen LogP contribution in [0.2, 0.25) is 0 Å². The third-order valence-electron chi connectivity index (χ3n) is 4.72. The second-order valence-corrected chi connectivity index (χ2v) is 7.81. The van der Waals surface area contributed by atoms with Crippen LogP contribution in [0.3, 0.4) is 0 Å². The van der Waals surface area contributed by atoms with Gasteiger partial charge in [-0.15, -0.1) is 11.3 Å². The number of H-pyrrole nitrogens is 1.